The molecule has 0 amide bonds. The molecule has 1 aromatic carbocycles. The molecule has 0 saturated heterocycles. The molecule has 0 unspecified atom stereocenters. The van der Waals surface area contributed by atoms with Crippen LogP contribution in [0.4, 0.5) is 10.1 Å². The van der Waals surface area contributed by atoms with E-state index in [0.29, 0.717) is 6.54 Å². The van der Waals surface area contributed by atoms with Gasteiger partial charge in [-0.2, -0.15) is 0 Å². The van der Waals surface area contributed by atoms with Gasteiger partial charge in [0, 0.05) is 9.26 Å². The second kappa shape index (κ2) is 5.07. The Hall–Kier alpha value is -0.760. The summed E-state index contributed by atoms with van der Waals surface area (Å²) in [6, 6.07) is 4.64. The Balaban J connectivity index is 2.70. The number of hydrogen-bond acceptors (Lipinski definition) is 1. The summed E-state index contributed by atoms with van der Waals surface area (Å²) in [7, 11) is 0. The van der Waals surface area contributed by atoms with Gasteiger partial charge in [-0.05, 0) is 47.7 Å². The molecule has 3 heteroatoms. The van der Waals surface area contributed by atoms with Crippen molar-refractivity contribution in [2.24, 2.45) is 0 Å². The highest BCUT2D eigenvalue weighted by Gasteiger charge is 1.98. The van der Waals surface area contributed by atoms with Gasteiger partial charge in [0.05, 0.1) is 6.54 Å². The normalized spacial score (nSPS) is 8.85. The van der Waals surface area contributed by atoms with E-state index in [2.05, 4.69) is 39.7 Å². The van der Waals surface area contributed by atoms with E-state index in [-0.39, 0.29) is 5.82 Å². The molecule has 1 rings (SSSR count). The number of rotatable bonds is 2. The third-order valence-corrected chi connectivity index (χ3v) is 2.37. The van der Waals surface area contributed by atoms with Crippen molar-refractivity contribution < 1.29 is 4.39 Å². The smallest absolute Gasteiger partial charge is 0.124 e. The van der Waals surface area contributed by atoms with Gasteiger partial charge >= 0.3 is 0 Å². The minimum absolute atomic E-state index is 0.212. The maximum atomic E-state index is 12.7. The summed E-state index contributed by atoms with van der Waals surface area (Å²) in [5, 5.41) is 3.09. The Kier molecular flexibility index (Phi) is 4.03. The number of halogens is 2. The molecule has 0 bridgehead atoms. The third kappa shape index (κ3) is 3.23. The zero-order valence-corrected chi connectivity index (χ0v) is 9.35. The van der Waals surface area contributed by atoms with Crippen LogP contribution in [0, 0.1) is 21.2 Å². The molecular formula is C10H9FIN. The fourth-order valence-electron chi connectivity index (χ4n) is 0.861. The van der Waals surface area contributed by atoms with Gasteiger partial charge in [0.2, 0.25) is 0 Å². The predicted molar refractivity (Wildman–Crippen MR) is 61.1 cm³/mol. The van der Waals surface area contributed by atoms with E-state index < -0.39 is 0 Å². The van der Waals surface area contributed by atoms with E-state index in [1.54, 1.807) is 13.0 Å². The molecule has 0 aromatic heterocycles. The van der Waals surface area contributed by atoms with Crippen molar-refractivity contribution in [3.8, 4) is 11.8 Å². The van der Waals surface area contributed by atoms with E-state index in [1.807, 2.05) is 0 Å². The van der Waals surface area contributed by atoms with Gasteiger partial charge in [0.1, 0.15) is 5.82 Å². The lowest BCUT2D eigenvalue weighted by Gasteiger charge is -2.04. The molecule has 0 atom stereocenters. The molecule has 0 saturated carbocycles. The summed E-state index contributed by atoms with van der Waals surface area (Å²) in [6.45, 7) is 2.38. The van der Waals surface area contributed by atoms with Crippen LogP contribution in [0.15, 0.2) is 18.2 Å². The lowest BCUT2D eigenvalue weighted by molar-refractivity contribution is 0.627. The van der Waals surface area contributed by atoms with Crippen molar-refractivity contribution in [1.82, 2.24) is 0 Å². The van der Waals surface area contributed by atoms with Gasteiger partial charge in [0.25, 0.3) is 0 Å². The van der Waals surface area contributed by atoms with E-state index in [9.17, 15) is 4.39 Å². The van der Waals surface area contributed by atoms with Gasteiger partial charge < -0.3 is 5.32 Å². The SMILES string of the molecule is CC#CCNc1ccc(F)cc1I. The van der Waals surface area contributed by atoms with E-state index in [0.717, 1.165) is 9.26 Å². The molecule has 0 radical (unpaired) electrons. The molecule has 1 aromatic rings. The largest absolute Gasteiger partial charge is 0.373 e. The molecule has 1 nitrogen and oxygen atoms in total. The van der Waals surface area contributed by atoms with Crippen LogP contribution in [0.25, 0.3) is 0 Å². The van der Waals surface area contributed by atoms with Crippen molar-refractivity contribution in [1.29, 1.82) is 0 Å². The Labute approximate surface area is 90.9 Å². The average Bonchev–Trinajstić information content (AvgIpc) is 2.09. The summed E-state index contributed by atoms with van der Waals surface area (Å²) in [4.78, 5) is 0. The summed E-state index contributed by atoms with van der Waals surface area (Å²) >= 11 is 2.09. The second-order valence-electron chi connectivity index (χ2n) is 2.40. The molecule has 0 aliphatic rings. The standard InChI is InChI=1S/C10H9FIN/c1-2-3-6-13-10-5-4-8(11)7-9(10)12/h4-5,7,13H,6H2,1H3. The zero-order chi connectivity index (χ0) is 9.68. The Morgan fingerprint density at radius 1 is 1.54 bits per heavy atom. The average molecular weight is 289 g/mol. The molecule has 0 spiro atoms. The predicted octanol–water partition coefficient (Wildman–Crippen LogP) is 2.87. The number of benzene rings is 1. The Morgan fingerprint density at radius 3 is 2.92 bits per heavy atom. The van der Waals surface area contributed by atoms with Gasteiger partial charge in [-0.3, -0.25) is 0 Å². The van der Waals surface area contributed by atoms with Crippen LogP contribution >= 0.6 is 22.6 Å². The Morgan fingerprint density at radius 2 is 2.31 bits per heavy atom. The quantitative estimate of drug-likeness (QED) is 0.652. The van der Waals surface area contributed by atoms with Gasteiger partial charge in [-0.15, -0.1) is 5.92 Å². The first-order valence-electron chi connectivity index (χ1n) is 3.82. The summed E-state index contributed by atoms with van der Waals surface area (Å²) in [6.07, 6.45) is 0. The van der Waals surface area contributed by atoms with E-state index >= 15 is 0 Å². The van der Waals surface area contributed by atoms with Crippen LogP contribution in [0.1, 0.15) is 6.92 Å². The maximum Gasteiger partial charge on any atom is 0.124 e. The van der Waals surface area contributed by atoms with Crippen LogP contribution in [0.3, 0.4) is 0 Å². The lowest BCUT2D eigenvalue weighted by Crippen LogP contribution is -2.00. The molecule has 68 valence electrons. The fourth-order valence-corrected chi connectivity index (χ4v) is 1.53. The van der Waals surface area contributed by atoms with E-state index in [4.69, 9.17) is 0 Å². The van der Waals surface area contributed by atoms with Gasteiger partial charge in [0.15, 0.2) is 0 Å². The highest BCUT2D eigenvalue weighted by Crippen LogP contribution is 2.18. The molecule has 0 fully saturated rings. The minimum Gasteiger partial charge on any atom is -0.373 e. The molecule has 1 N–H and O–H groups in total. The number of nitrogens with one attached hydrogen (secondary N) is 1. The second-order valence-corrected chi connectivity index (χ2v) is 3.57. The lowest BCUT2D eigenvalue weighted by atomic mass is 10.3. The summed E-state index contributed by atoms with van der Waals surface area (Å²) in [5.41, 5.74) is 0.921. The van der Waals surface area contributed by atoms with Crippen molar-refractivity contribution in [2.45, 2.75) is 6.92 Å². The van der Waals surface area contributed by atoms with Crippen LogP contribution in [0.5, 0.6) is 0 Å². The molecule has 13 heavy (non-hydrogen) atoms. The van der Waals surface area contributed by atoms with Crippen LogP contribution in [-0.4, -0.2) is 6.54 Å². The minimum atomic E-state index is -0.212. The first kappa shape index (κ1) is 10.3. The molecule has 0 aliphatic heterocycles. The van der Waals surface area contributed by atoms with E-state index in [1.165, 1.54) is 12.1 Å². The van der Waals surface area contributed by atoms with Crippen molar-refractivity contribution >= 4 is 28.3 Å². The number of hydrogen-bond donors (Lipinski definition) is 1. The van der Waals surface area contributed by atoms with Gasteiger partial charge in [-0.1, -0.05) is 5.92 Å². The molecular weight excluding hydrogens is 280 g/mol. The Bertz CT molecular complexity index is 352. The van der Waals surface area contributed by atoms with Crippen molar-refractivity contribution in [3.63, 3.8) is 0 Å². The first-order valence-corrected chi connectivity index (χ1v) is 4.90. The van der Waals surface area contributed by atoms with Crippen molar-refractivity contribution in [2.75, 3.05) is 11.9 Å². The van der Waals surface area contributed by atoms with Crippen molar-refractivity contribution in [3.05, 3.63) is 27.6 Å². The third-order valence-electron chi connectivity index (χ3n) is 1.48. The molecule has 0 heterocycles. The van der Waals surface area contributed by atoms with Crippen LogP contribution in [0.2, 0.25) is 0 Å². The topological polar surface area (TPSA) is 12.0 Å². The highest BCUT2D eigenvalue weighted by molar-refractivity contribution is 14.1. The number of anilines is 1. The molecule has 0 aliphatic carbocycles. The van der Waals surface area contributed by atoms with Crippen LogP contribution in [-0.2, 0) is 0 Å². The zero-order valence-electron chi connectivity index (χ0n) is 7.20. The summed E-state index contributed by atoms with van der Waals surface area (Å²) in [5.74, 6) is 5.45. The summed E-state index contributed by atoms with van der Waals surface area (Å²) < 4.78 is 13.5. The fraction of sp³-hybridized carbons (Fsp3) is 0.200. The monoisotopic (exact) mass is 289 g/mol. The first-order chi connectivity index (χ1) is 6.24. The maximum absolute atomic E-state index is 12.7. The highest BCUT2D eigenvalue weighted by atomic mass is 127. The van der Waals surface area contributed by atoms with Crippen LogP contribution < -0.4 is 5.32 Å². The van der Waals surface area contributed by atoms with Gasteiger partial charge in [-0.25, -0.2) is 4.39 Å².